The lowest BCUT2D eigenvalue weighted by Crippen LogP contribution is -2.37. The Hall–Kier alpha value is -1.82. The van der Waals surface area contributed by atoms with E-state index in [1.807, 2.05) is 12.1 Å². The third-order valence-corrected chi connectivity index (χ3v) is 5.89. The first kappa shape index (κ1) is 15.7. The van der Waals surface area contributed by atoms with Gasteiger partial charge in [0.25, 0.3) is 0 Å². The maximum atomic E-state index is 12.7. The molecule has 2 heterocycles. The number of carbonyl (C=O) groups is 1. The van der Waals surface area contributed by atoms with Crippen molar-refractivity contribution in [2.24, 2.45) is 5.92 Å². The van der Waals surface area contributed by atoms with Crippen molar-refractivity contribution in [3.8, 4) is 0 Å². The smallest absolute Gasteiger partial charge is 0.249 e. The number of fused-ring (bicyclic) bond motifs is 1. The van der Waals surface area contributed by atoms with Gasteiger partial charge in [0.1, 0.15) is 6.04 Å². The van der Waals surface area contributed by atoms with Crippen LogP contribution in [0.3, 0.4) is 0 Å². The molecule has 1 aromatic heterocycles. The Morgan fingerprint density at radius 1 is 1.33 bits per heavy atom. The molecule has 1 amide bonds. The third kappa shape index (κ3) is 3.07. The maximum absolute atomic E-state index is 12.7. The van der Waals surface area contributed by atoms with Crippen LogP contribution in [0, 0.1) is 5.92 Å². The molecule has 2 aliphatic rings. The number of aromatic nitrogens is 2. The highest BCUT2D eigenvalue weighted by molar-refractivity contribution is 8.01. The van der Waals surface area contributed by atoms with Crippen LogP contribution in [0.2, 0.25) is 0 Å². The van der Waals surface area contributed by atoms with E-state index < -0.39 is 0 Å². The molecule has 1 N–H and O–H groups in total. The van der Waals surface area contributed by atoms with E-state index >= 15 is 0 Å². The Morgan fingerprint density at radius 2 is 2.12 bits per heavy atom. The number of rotatable bonds is 5. The molecule has 0 spiro atoms. The van der Waals surface area contributed by atoms with Crippen molar-refractivity contribution in [1.29, 1.82) is 0 Å². The first-order chi connectivity index (χ1) is 11.6. The minimum absolute atomic E-state index is 0.0427. The predicted molar refractivity (Wildman–Crippen MR) is 91.8 cm³/mol. The summed E-state index contributed by atoms with van der Waals surface area (Å²) in [5.74, 6) is 2.00. The third-order valence-electron chi connectivity index (χ3n) is 4.57. The zero-order valence-electron chi connectivity index (χ0n) is 13.9. The fourth-order valence-electron chi connectivity index (χ4n) is 2.97. The molecule has 1 aromatic carbocycles. The molecule has 0 saturated heterocycles. The van der Waals surface area contributed by atoms with E-state index in [0.717, 1.165) is 25.1 Å². The van der Waals surface area contributed by atoms with Crippen molar-refractivity contribution in [1.82, 2.24) is 15.5 Å². The van der Waals surface area contributed by atoms with Gasteiger partial charge in [-0.15, -0.1) is 11.8 Å². The number of carbonyl (C=O) groups excluding carboxylic acids is 1. The molecule has 4 rings (SSSR count). The lowest BCUT2D eigenvalue weighted by Gasteiger charge is -2.20. The minimum atomic E-state index is -0.234. The number of thioether (sulfide) groups is 1. The van der Waals surface area contributed by atoms with Gasteiger partial charge in [0.15, 0.2) is 5.82 Å². The Kier molecular flexibility index (Phi) is 4.08. The predicted octanol–water partition coefficient (Wildman–Crippen LogP) is 3.48. The molecule has 5 nitrogen and oxygen atoms in total. The summed E-state index contributed by atoms with van der Waals surface area (Å²) in [5, 5.41) is 7.11. The number of benzene rings is 1. The molecule has 126 valence electrons. The Labute approximate surface area is 145 Å². The van der Waals surface area contributed by atoms with Gasteiger partial charge in [-0.1, -0.05) is 37.2 Å². The van der Waals surface area contributed by atoms with Gasteiger partial charge in [-0.05, 0) is 36.8 Å². The van der Waals surface area contributed by atoms with Crippen LogP contribution in [0.15, 0.2) is 33.7 Å². The SMILES string of the molecule is CC(C)[C@H](NC(=O)[C@@H]1Cc2ccccc2S1)c1nc(C2CC2)no1. The van der Waals surface area contributed by atoms with Gasteiger partial charge in [-0.3, -0.25) is 4.79 Å². The molecular weight excluding hydrogens is 322 g/mol. The largest absolute Gasteiger partial charge is 0.343 e. The highest BCUT2D eigenvalue weighted by atomic mass is 32.2. The first-order valence-corrected chi connectivity index (χ1v) is 9.38. The van der Waals surface area contributed by atoms with Gasteiger partial charge in [0, 0.05) is 10.8 Å². The van der Waals surface area contributed by atoms with Gasteiger partial charge < -0.3 is 9.84 Å². The molecule has 1 fully saturated rings. The van der Waals surface area contributed by atoms with Crippen molar-refractivity contribution in [2.45, 2.75) is 55.2 Å². The quantitative estimate of drug-likeness (QED) is 0.900. The monoisotopic (exact) mass is 343 g/mol. The van der Waals surface area contributed by atoms with Crippen molar-refractivity contribution >= 4 is 17.7 Å². The number of nitrogens with one attached hydrogen (secondary N) is 1. The molecule has 6 heteroatoms. The topological polar surface area (TPSA) is 68.0 Å². The van der Waals surface area contributed by atoms with Crippen molar-refractivity contribution < 1.29 is 9.32 Å². The minimum Gasteiger partial charge on any atom is -0.343 e. The van der Waals surface area contributed by atoms with Crippen LogP contribution in [0.4, 0.5) is 0 Å². The van der Waals surface area contributed by atoms with Crippen LogP contribution < -0.4 is 5.32 Å². The van der Waals surface area contributed by atoms with Gasteiger partial charge in [0.05, 0.1) is 5.25 Å². The van der Waals surface area contributed by atoms with Crippen LogP contribution in [0.1, 0.15) is 55.9 Å². The van der Waals surface area contributed by atoms with Gasteiger partial charge in [0.2, 0.25) is 11.8 Å². The van der Waals surface area contributed by atoms with Gasteiger partial charge in [-0.2, -0.15) is 4.98 Å². The van der Waals surface area contributed by atoms with Crippen LogP contribution >= 0.6 is 11.8 Å². The number of hydrogen-bond acceptors (Lipinski definition) is 5. The number of hydrogen-bond donors (Lipinski definition) is 1. The Morgan fingerprint density at radius 3 is 2.83 bits per heavy atom. The van der Waals surface area contributed by atoms with E-state index in [1.54, 1.807) is 11.8 Å². The summed E-state index contributed by atoms with van der Waals surface area (Å²) in [7, 11) is 0. The molecule has 2 atom stereocenters. The molecule has 0 unspecified atom stereocenters. The van der Waals surface area contributed by atoms with Crippen molar-refractivity contribution in [3.63, 3.8) is 0 Å². The number of nitrogens with zero attached hydrogens (tertiary/aromatic N) is 2. The number of amides is 1. The van der Waals surface area contributed by atoms with Crippen LogP contribution in [-0.4, -0.2) is 21.3 Å². The molecule has 0 radical (unpaired) electrons. The highest BCUT2D eigenvalue weighted by Gasteiger charge is 2.34. The summed E-state index contributed by atoms with van der Waals surface area (Å²) < 4.78 is 5.43. The summed E-state index contributed by atoms with van der Waals surface area (Å²) in [6.45, 7) is 4.12. The average Bonchev–Trinajstić information content (AvgIpc) is 3.14. The standard InChI is InChI=1S/C18H21N3O2S/c1-10(2)15(18-20-16(21-23-18)11-7-8-11)19-17(22)14-9-12-5-3-4-6-13(12)24-14/h3-6,10-11,14-15H,7-9H2,1-2H3,(H,19,22)/t14-,15-/m0/s1. The van der Waals surface area contributed by atoms with Gasteiger partial charge in [-0.25, -0.2) is 0 Å². The maximum Gasteiger partial charge on any atom is 0.249 e. The van der Waals surface area contributed by atoms with E-state index in [4.69, 9.17) is 4.52 Å². The molecular formula is C18H21N3O2S. The van der Waals surface area contributed by atoms with E-state index in [2.05, 4.69) is 41.4 Å². The second-order valence-corrected chi connectivity index (χ2v) is 8.16. The molecule has 0 bridgehead atoms. The molecule has 2 aromatic rings. The second-order valence-electron chi connectivity index (χ2n) is 6.91. The van der Waals surface area contributed by atoms with E-state index in [-0.39, 0.29) is 23.1 Å². The zero-order chi connectivity index (χ0) is 16.7. The Balaban J connectivity index is 1.46. The fourth-order valence-corrected chi connectivity index (χ4v) is 4.17. The summed E-state index contributed by atoms with van der Waals surface area (Å²) in [6.07, 6.45) is 3.04. The lowest BCUT2D eigenvalue weighted by atomic mass is 10.0. The second kappa shape index (κ2) is 6.24. The van der Waals surface area contributed by atoms with Crippen LogP contribution in [0.25, 0.3) is 0 Å². The van der Waals surface area contributed by atoms with Crippen molar-refractivity contribution in [2.75, 3.05) is 0 Å². The zero-order valence-corrected chi connectivity index (χ0v) is 14.7. The van der Waals surface area contributed by atoms with Gasteiger partial charge >= 0.3 is 0 Å². The van der Waals surface area contributed by atoms with E-state index in [9.17, 15) is 4.79 Å². The summed E-state index contributed by atoms with van der Waals surface area (Å²) in [6, 6.07) is 7.97. The van der Waals surface area contributed by atoms with E-state index in [1.165, 1.54) is 10.5 Å². The summed E-state index contributed by atoms with van der Waals surface area (Å²) in [5.41, 5.74) is 1.25. The molecule has 1 saturated carbocycles. The Bertz CT molecular complexity index is 729. The van der Waals surface area contributed by atoms with Crippen molar-refractivity contribution in [3.05, 3.63) is 41.5 Å². The van der Waals surface area contributed by atoms with Crippen LogP contribution in [-0.2, 0) is 11.2 Å². The lowest BCUT2D eigenvalue weighted by molar-refractivity contribution is -0.121. The first-order valence-electron chi connectivity index (χ1n) is 8.50. The summed E-state index contributed by atoms with van der Waals surface area (Å²) in [4.78, 5) is 18.4. The van der Waals surface area contributed by atoms with E-state index in [0.29, 0.717) is 11.8 Å². The average molecular weight is 343 g/mol. The van der Waals surface area contributed by atoms with Crippen LogP contribution in [0.5, 0.6) is 0 Å². The molecule has 24 heavy (non-hydrogen) atoms. The highest BCUT2D eigenvalue weighted by Crippen LogP contribution is 2.39. The normalized spacial score (nSPS) is 20.9. The summed E-state index contributed by atoms with van der Waals surface area (Å²) >= 11 is 1.63. The molecule has 1 aliphatic carbocycles. The fraction of sp³-hybridized carbons (Fsp3) is 0.500. The molecule has 1 aliphatic heterocycles.